The summed E-state index contributed by atoms with van der Waals surface area (Å²) in [6, 6.07) is 14.8. The van der Waals surface area contributed by atoms with Crippen molar-refractivity contribution in [2.45, 2.75) is 44.7 Å². The molecule has 8 heteroatoms. The van der Waals surface area contributed by atoms with Gasteiger partial charge in [-0.3, -0.25) is 4.99 Å². The van der Waals surface area contributed by atoms with Gasteiger partial charge in [0.2, 0.25) is 10.0 Å². The Morgan fingerprint density at radius 2 is 1.70 bits per heavy atom. The summed E-state index contributed by atoms with van der Waals surface area (Å²) in [6.45, 7) is 8.83. The smallest absolute Gasteiger partial charge is 0.241 e. The third kappa shape index (κ3) is 7.68. The summed E-state index contributed by atoms with van der Waals surface area (Å²) >= 11 is 0. The van der Waals surface area contributed by atoms with Crippen LogP contribution in [0.5, 0.6) is 5.75 Å². The fourth-order valence-electron chi connectivity index (χ4n) is 2.74. The first kappa shape index (κ1) is 23.7. The second-order valence-electron chi connectivity index (χ2n) is 7.98. The summed E-state index contributed by atoms with van der Waals surface area (Å²) in [4.78, 5) is 4.44. The third-order valence-corrected chi connectivity index (χ3v) is 5.92. The molecular formula is C22H32N4O3S. The highest BCUT2D eigenvalue weighted by atomic mass is 32.2. The first-order valence-corrected chi connectivity index (χ1v) is 11.3. The summed E-state index contributed by atoms with van der Waals surface area (Å²) in [6.07, 6.45) is 0. The lowest BCUT2D eigenvalue weighted by Gasteiger charge is -2.22. The molecule has 164 valence electrons. The summed E-state index contributed by atoms with van der Waals surface area (Å²) in [5.41, 5.74) is 1.28. The molecular weight excluding hydrogens is 400 g/mol. The Morgan fingerprint density at radius 1 is 1.03 bits per heavy atom. The zero-order chi connectivity index (χ0) is 22.2. The van der Waals surface area contributed by atoms with Crippen LogP contribution in [0.4, 0.5) is 0 Å². The lowest BCUT2D eigenvalue weighted by molar-refractivity contribution is 0.322. The van der Waals surface area contributed by atoms with Crippen molar-refractivity contribution in [3.8, 4) is 5.75 Å². The van der Waals surface area contributed by atoms with E-state index in [0.717, 1.165) is 5.75 Å². The monoisotopic (exact) mass is 432 g/mol. The minimum atomic E-state index is -3.63. The number of nitrogens with zero attached hydrogens (tertiary/aromatic N) is 1. The quantitative estimate of drug-likeness (QED) is 0.339. The van der Waals surface area contributed by atoms with Crippen molar-refractivity contribution in [1.82, 2.24) is 15.4 Å². The van der Waals surface area contributed by atoms with E-state index >= 15 is 0 Å². The van der Waals surface area contributed by atoms with Gasteiger partial charge in [0.15, 0.2) is 5.96 Å². The van der Waals surface area contributed by atoms with Gasteiger partial charge in [-0.15, -0.1) is 0 Å². The van der Waals surface area contributed by atoms with Crippen LogP contribution in [0.1, 0.15) is 31.9 Å². The van der Waals surface area contributed by atoms with Crippen LogP contribution in [0.3, 0.4) is 0 Å². The minimum Gasteiger partial charge on any atom is -0.492 e. The Balaban J connectivity index is 1.91. The molecule has 0 bridgehead atoms. The fourth-order valence-corrected chi connectivity index (χ4v) is 4.40. The summed E-state index contributed by atoms with van der Waals surface area (Å²) in [5.74, 6) is 1.38. The van der Waals surface area contributed by atoms with Crippen LogP contribution in [0, 0.1) is 6.92 Å². The van der Waals surface area contributed by atoms with Crippen molar-refractivity contribution in [2.75, 3.05) is 20.2 Å². The van der Waals surface area contributed by atoms with Crippen LogP contribution in [0.15, 0.2) is 58.4 Å². The highest BCUT2D eigenvalue weighted by molar-refractivity contribution is 7.89. The lowest BCUT2D eigenvalue weighted by Crippen LogP contribution is -2.41. The third-order valence-electron chi connectivity index (χ3n) is 4.06. The van der Waals surface area contributed by atoms with E-state index in [1.54, 1.807) is 25.2 Å². The van der Waals surface area contributed by atoms with Gasteiger partial charge in [-0.1, -0.05) is 35.9 Å². The number of hydrogen-bond acceptors (Lipinski definition) is 4. The molecule has 0 amide bonds. The summed E-state index contributed by atoms with van der Waals surface area (Å²) in [5, 5.41) is 6.32. The molecule has 2 aromatic carbocycles. The van der Waals surface area contributed by atoms with Crippen LogP contribution in [0.25, 0.3) is 0 Å². The van der Waals surface area contributed by atoms with Gasteiger partial charge in [0.1, 0.15) is 12.4 Å². The molecule has 2 aromatic rings. The Labute approximate surface area is 180 Å². The molecule has 0 aromatic heterocycles. The number of aliphatic imine (C=N–C) groups is 1. The molecule has 0 radical (unpaired) electrons. The van der Waals surface area contributed by atoms with E-state index in [-0.39, 0.29) is 4.90 Å². The second kappa shape index (κ2) is 10.4. The maximum absolute atomic E-state index is 12.7. The maximum Gasteiger partial charge on any atom is 0.241 e. The first-order chi connectivity index (χ1) is 14.1. The molecule has 0 atom stereocenters. The van der Waals surface area contributed by atoms with E-state index in [1.165, 1.54) is 5.56 Å². The zero-order valence-electron chi connectivity index (χ0n) is 18.3. The van der Waals surface area contributed by atoms with Gasteiger partial charge in [0.25, 0.3) is 0 Å². The Kier molecular flexibility index (Phi) is 8.25. The highest BCUT2D eigenvalue weighted by Crippen LogP contribution is 2.17. The van der Waals surface area contributed by atoms with Crippen LogP contribution >= 0.6 is 0 Å². The molecule has 30 heavy (non-hydrogen) atoms. The van der Waals surface area contributed by atoms with Crippen LogP contribution in [0.2, 0.25) is 0 Å². The average molecular weight is 433 g/mol. The fraction of sp³-hybridized carbons (Fsp3) is 0.409. The minimum absolute atomic E-state index is 0.255. The molecule has 0 saturated heterocycles. The second-order valence-corrected chi connectivity index (χ2v) is 9.63. The number of aryl methyl sites for hydroxylation is 1. The number of benzene rings is 2. The highest BCUT2D eigenvalue weighted by Gasteiger charge is 2.24. The number of rotatable bonds is 8. The maximum atomic E-state index is 12.7. The van der Waals surface area contributed by atoms with Crippen LogP contribution in [-0.4, -0.2) is 40.1 Å². The van der Waals surface area contributed by atoms with E-state index < -0.39 is 15.6 Å². The zero-order valence-corrected chi connectivity index (χ0v) is 19.1. The summed E-state index contributed by atoms with van der Waals surface area (Å²) < 4.78 is 33.9. The molecule has 7 nitrogen and oxygen atoms in total. The van der Waals surface area contributed by atoms with Gasteiger partial charge in [0.05, 0.1) is 11.4 Å². The molecule has 0 aliphatic carbocycles. The number of nitrogens with one attached hydrogen (secondary N) is 3. The molecule has 0 heterocycles. The van der Waals surface area contributed by atoms with Gasteiger partial charge in [-0.25, -0.2) is 13.1 Å². The van der Waals surface area contributed by atoms with Gasteiger partial charge in [0, 0.05) is 19.1 Å². The molecule has 0 spiro atoms. The van der Waals surface area contributed by atoms with Crippen molar-refractivity contribution < 1.29 is 13.2 Å². The van der Waals surface area contributed by atoms with Crippen molar-refractivity contribution in [1.29, 1.82) is 0 Å². The van der Waals surface area contributed by atoms with Crippen LogP contribution < -0.4 is 20.1 Å². The first-order valence-electron chi connectivity index (χ1n) is 9.86. The van der Waals surface area contributed by atoms with E-state index in [4.69, 9.17) is 4.74 Å². The number of guanidine groups is 1. The topological polar surface area (TPSA) is 91.8 Å². The van der Waals surface area contributed by atoms with Gasteiger partial charge in [-0.05, 0) is 51.5 Å². The molecule has 0 saturated carbocycles. The van der Waals surface area contributed by atoms with Gasteiger partial charge < -0.3 is 15.4 Å². The predicted molar refractivity (Wildman–Crippen MR) is 121 cm³/mol. The normalized spacial score (nSPS) is 12.5. The molecule has 3 N–H and O–H groups in total. The molecule has 0 aliphatic heterocycles. The average Bonchev–Trinajstić information content (AvgIpc) is 2.67. The lowest BCUT2D eigenvalue weighted by atomic mass is 10.1. The number of hydrogen-bond donors (Lipinski definition) is 3. The van der Waals surface area contributed by atoms with Crippen molar-refractivity contribution in [3.63, 3.8) is 0 Å². The SMILES string of the molecule is CN=C(NCCOc1ccc(C)cc1)NCc1ccccc1S(=O)(=O)NC(C)(C)C. The van der Waals surface area contributed by atoms with Gasteiger partial charge >= 0.3 is 0 Å². The van der Waals surface area contributed by atoms with E-state index in [9.17, 15) is 8.42 Å². The van der Waals surface area contributed by atoms with Crippen molar-refractivity contribution in [2.24, 2.45) is 4.99 Å². The van der Waals surface area contributed by atoms with Gasteiger partial charge in [-0.2, -0.15) is 0 Å². The standard InChI is InChI=1S/C22H32N4O3S/c1-17-10-12-19(13-11-17)29-15-14-24-21(23-5)25-16-18-8-6-7-9-20(18)30(27,28)26-22(2,3)4/h6-13,26H,14-16H2,1-5H3,(H2,23,24,25). The van der Waals surface area contributed by atoms with E-state index in [2.05, 4.69) is 20.3 Å². The molecule has 2 rings (SSSR count). The van der Waals surface area contributed by atoms with Crippen molar-refractivity contribution in [3.05, 3.63) is 59.7 Å². The Bertz CT molecular complexity index is 949. The Hall–Kier alpha value is -2.58. The summed E-state index contributed by atoms with van der Waals surface area (Å²) in [7, 11) is -1.96. The largest absolute Gasteiger partial charge is 0.492 e. The van der Waals surface area contributed by atoms with E-state index in [1.807, 2.05) is 58.0 Å². The number of ether oxygens (including phenoxy) is 1. The van der Waals surface area contributed by atoms with E-state index in [0.29, 0.717) is 31.2 Å². The Morgan fingerprint density at radius 3 is 2.33 bits per heavy atom. The molecule has 0 aliphatic rings. The molecule has 0 fully saturated rings. The molecule has 0 unspecified atom stereocenters. The van der Waals surface area contributed by atoms with Crippen LogP contribution in [-0.2, 0) is 16.6 Å². The number of sulfonamides is 1. The van der Waals surface area contributed by atoms with Crippen molar-refractivity contribution >= 4 is 16.0 Å². The predicted octanol–water partition coefficient (Wildman–Crippen LogP) is 2.82.